The van der Waals surface area contributed by atoms with E-state index in [0.717, 1.165) is 43.7 Å². The van der Waals surface area contributed by atoms with E-state index in [2.05, 4.69) is 43.0 Å². The Labute approximate surface area is 197 Å². The summed E-state index contributed by atoms with van der Waals surface area (Å²) in [6.45, 7) is 8.68. The number of imide groups is 1. The fraction of sp³-hybridized carbons (Fsp3) is 0.429. The van der Waals surface area contributed by atoms with Crippen molar-refractivity contribution in [2.24, 2.45) is 11.8 Å². The molecule has 4 rings (SSSR count). The fourth-order valence-corrected chi connectivity index (χ4v) is 4.69. The van der Waals surface area contributed by atoms with E-state index in [1.807, 2.05) is 37.3 Å². The van der Waals surface area contributed by atoms with Crippen LogP contribution in [0, 0.1) is 11.8 Å². The van der Waals surface area contributed by atoms with Gasteiger partial charge in [-0.25, -0.2) is 0 Å². The topological polar surface area (TPSA) is 49.9 Å². The number of ether oxygens (including phenoxy) is 1. The zero-order valence-electron chi connectivity index (χ0n) is 19.9. The Balaban J connectivity index is 1.53. The number of benzene rings is 2. The number of piperidine rings is 1. The summed E-state index contributed by atoms with van der Waals surface area (Å²) < 4.78 is 5.79. The van der Waals surface area contributed by atoms with Crippen molar-refractivity contribution < 1.29 is 14.3 Å². The summed E-state index contributed by atoms with van der Waals surface area (Å²) in [5.74, 6) is 1.45. The van der Waals surface area contributed by atoms with Crippen molar-refractivity contribution in [1.82, 2.24) is 9.80 Å². The molecule has 0 saturated carbocycles. The van der Waals surface area contributed by atoms with Crippen molar-refractivity contribution in [3.63, 3.8) is 0 Å². The molecule has 2 aromatic rings. The molecule has 2 amide bonds. The lowest BCUT2D eigenvalue weighted by Gasteiger charge is -2.34. The minimum absolute atomic E-state index is 0.167. The average Bonchev–Trinajstić information content (AvgIpc) is 3.08. The van der Waals surface area contributed by atoms with Gasteiger partial charge < -0.3 is 9.64 Å². The summed E-state index contributed by atoms with van der Waals surface area (Å²) in [7, 11) is 0. The molecule has 174 valence electrons. The van der Waals surface area contributed by atoms with Gasteiger partial charge in [-0.3, -0.25) is 14.5 Å². The van der Waals surface area contributed by atoms with Crippen molar-refractivity contribution >= 4 is 17.4 Å². The lowest BCUT2D eigenvalue weighted by atomic mass is 9.89. The minimum Gasteiger partial charge on any atom is -0.493 e. The second kappa shape index (κ2) is 10.2. The molecule has 5 nitrogen and oxygen atoms in total. The van der Waals surface area contributed by atoms with E-state index in [1.54, 1.807) is 0 Å². The van der Waals surface area contributed by atoms with Gasteiger partial charge in [0.25, 0.3) is 11.8 Å². The molecule has 0 bridgehead atoms. The van der Waals surface area contributed by atoms with Crippen molar-refractivity contribution in [3.05, 3.63) is 71.4 Å². The van der Waals surface area contributed by atoms with E-state index in [4.69, 9.17) is 4.74 Å². The van der Waals surface area contributed by atoms with E-state index in [0.29, 0.717) is 36.3 Å². The summed E-state index contributed by atoms with van der Waals surface area (Å²) in [6.07, 6.45) is 3.09. The zero-order chi connectivity index (χ0) is 23.4. The largest absolute Gasteiger partial charge is 0.493 e. The first-order valence-corrected chi connectivity index (χ1v) is 12.1. The summed E-state index contributed by atoms with van der Waals surface area (Å²) in [5.41, 5.74) is 3.23. The highest BCUT2D eigenvalue weighted by molar-refractivity contribution is 6.35. The van der Waals surface area contributed by atoms with E-state index >= 15 is 0 Å². The van der Waals surface area contributed by atoms with E-state index in [9.17, 15) is 9.59 Å². The lowest BCUT2D eigenvalue weighted by Crippen LogP contribution is -2.39. The second-order valence-corrected chi connectivity index (χ2v) is 9.43. The van der Waals surface area contributed by atoms with Crippen LogP contribution in [0.15, 0.2) is 60.3 Å². The number of nitrogens with zero attached hydrogens (tertiary/aromatic N) is 2. The molecule has 2 aliphatic rings. The van der Waals surface area contributed by atoms with Crippen LogP contribution in [0.1, 0.15) is 44.7 Å². The predicted molar refractivity (Wildman–Crippen MR) is 131 cm³/mol. The molecule has 0 aromatic heterocycles. The van der Waals surface area contributed by atoms with Crippen molar-refractivity contribution in [2.75, 3.05) is 26.2 Å². The number of amides is 2. The summed E-state index contributed by atoms with van der Waals surface area (Å²) in [6, 6.07) is 18.2. The van der Waals surface area contributed by atoms with Crippen LogP contribution >= 0.6 is 0 Å². The lowest BCUT2D eigenvalue weighted by molar-refractivity contribution is -0.137. The van der Waals surface area contributed by atoms with Crippen molar-refractivity contribution in [3.8, 4) is 5.75 Å². The third-order valence-electron chi connectivity index (χ3n) is 6.48. The zero-order valence-corrected chi connectivity index (χ0v) is 19.9. The third kappa shape index (κ3) is 5.13. The molecule has 1 saturated heterocycles. The van der Waals surface area contributed by atoms with Gasteiger partial charge in [0.15, 0.2) is 0 Å². The molecule has 0 aliphatic carbocycles. The molecular formula is C28H34N2O3. The number of carbonyl (C=O) groups is 2. The van der Waals surface area contributed by atoms with Gasteiger partial charge in [0.2, 0.25) is 0 Å². The van der Waals surface area contributed by atoms with Gasteiger partial charge in [-0.2, -0.15) is 0 Å². The summed E-state index contributed by atoms with van der Waals surface area (Å²) >= 11 is 0. The highest BCUT2D eigenvalue weighted by Gasteiger charge is 2.41. The van der Waals surface area contributed by atoms with Gasteiger partial charge in [0.1, 0.15) is 11.4 Å². The normalized spacial score (nSPS) is 17.5. The van der Waals surface area contributed by atoms with Gasteiger partial charge in [-0.15, -0.1) is 0 Å². The number of likely N-dealkylation sites (tertiary alicyclic amines) is 1. The van der Waals surface area contributed by atoms with Gasteiger partial charge >= 0.3 is 0 Å². The Morgan fingerprint density at radius 2 is 1.61 bits per heavy atom. The molecule has 0 N–H and O–H groups in total. The van der Waals surface area contributed by atoms with Gasteiger partial charge in [-0.05, 0) is 61.3 Å². The smallest absolute Gasteiger partial charge is 0.277 e. The fourth-order valence-electron chi connectivity index (χ4n) is 4.69. The molecule has 2 aromatic carbocycles. The first-order chi connectivity index (χ1) is 16.0. The van der Waals surface area contributed by atoms with Crippen LogP contribution in [-0.4, -0.2) is 47.9 Å². The first kappa shape index (κ1) is 23.1. The van der Waals surface area contributed by atoms with Crippen molar-refractivity contribution in [1.29, 1.82) is 0 Å². The highest BCUT2D eigenvalue weighted by Crippen LogP contribution is 2.35. The molecular weight excluding hydrogens is 412 g/mol. The SMILES string of the molecule is CCN1C(=O)C(c2ccc(OCC(C)C)cc2)=C(N2CCC(Cc3ccccc3)CC2)C1=O. The number of hydrogen-bond donors (Lipinski definition) is 0. The molecule has 0 atom stereocenters. The molecule has 0 radical (unpaired) electrons. The number of hydrogen-bond acceptors (Lipinski definition) is 4. The summed E-state index contributed by atoms with van der Waals surface area (Å²) in [5, 5.41) is 0. The van der Waals surface area contributed by atoms with Crippen LogP contribution in [-0.2, 0) is 16.0 Å². The summed E-state index contributed by atoms with van der Waals surface area (Å²) in [4.78, 5) is 29.9. The molecule has 5 heteroatoms. The number of likely N-dealkylation sites (N-methyl/N-ethyl adjacent to an activating group) is 1. The van der Waals surface area contributed by atoms with Crippen LogP contribution in [0.4, 0.5) is 0 Å². The molecule has 0 spiro atoms. The van der Waals surface area contributed by atoms with Crippen LogP contribution in [0.2, 0.25) is 0 Å². The Morgan fingerprint density at radius 3 is 2.21 bits per heavy atom. The Morgan fingerprint density at radius 1 is 0.939 bits per heavy atom. The number of carbonyl (C=O) groups excluding carboxylic acids is 2. The van der Waals surface area contributed by atoms with Crippen LogP contribution < -0.4 is 4.74 Å². The molecule has 2 aliphatic heterocycles. The minimum atomic E-state index is -0.195. The van der Waals surface area contributed by atoms with Crippen LogP contribution in [0.3, 0.4) is 0 Å². The Kier molecular flexibility index (Phi) is 7.17. The maximum absolute atomic E-state index is 13.2. The average molecular weight is 447 g/mol. The quantitative estimate of drug-likeness (QED) is 0.548. The molecule has 1 fully saturated rings. The van der Waals surface area contributed by atoms with Crippen LogP contribution in [0.5, 0.6) is 5.75 Å². The Hall–Kier alpha value is -3.08. The van der Waals surface area contributed by atoms with Gasteiger partial charge in [-0.1, -0.05) is 56.3 Å². The van der Waals surface area contributed by atoms with Crippen LogP contribution in [0.25, 0.3) is 5.57 Å². The van der Waals surface area contributed by atoms with Crippen molar-refractivity contribution in [2.45, 2.75) is 40.0 Å². The molecule has 2 heterocycles. The molecule has 33 heavy (non-hydrogen) atoms. The van der Waals surface area contributed by atoms with Gasteiger partial charge in [0, 0.05) is 19.6 Å². The number of rotatable bonds is 8. The van der Waals surface area contributed by atoms with Gasteiger partial charge in [0.05, 0.1) is 12.2 Å². The first-order valence-electron chi connectivity index (χ1n) is 12.1. The van der Waals surface area contributed by atoms with E-state index in [1.165, 1.54) is 10.5 Å². The second-order valence-electron chi connectivity index (χ2n) is 9.43. The maximum Gasteiger partial charge on any atom is 0.277 e. The van der Waals surface area contributed by atoms with E-state index in [-0.39, 0.29) is 11.8 Å². The maximum atomic E-state index is 13.2. The highest BCUT2D eigenvalue weighted by atomic mass is 16.5. The predicted octanol–water partition coefficient (Wildman–Crippen LogP) is 4.78. The standard InChI is InChI=1S/C28H34N2O3/c1-4-30-27(31)25(23-10-12-24(13-11-23)33-19-20(2)3)26(28(30)32)29-16-14-22(15-17-29)18-21-8-6-5-7-9-21/h5-13,20,22H,4,14-19H2,1-3H3. The third-order valence-corrected chi connectivity index (χ3v) is 6.48. The Bertz CT molecular complexity index is 1000. The monoisotopic (exact) mass is 446 g/mol. The van der Waals surface area contributed by atoms with E-state index < -0.39 is 0 Å². The molecule has 0 unspecified atom stereocenters.